The number of nitrogens with zero attached hydrogens (tertiary/aromatic N) is 2. The summed E-state index contributed by atoms with van der Waals surface area (Å²) in [6, 6.07) is 6.38. The Balaban J connectivity index is 1.83. The lowest BCUT2D eigenvalue weighted by atomic mass is 10.1. The lowest BCUT2D eigenvalue weighted by Crippen LogP contribution is -2.27. The maximum atomic E-state index is 11.9. The fourth-order valence-corrected chi connectivity index (χ4v) is 2.62. The molecule has 1 amide bonds. The zero-order valence-corrected chi connectivity index (χ0v) is 15.6. The molecule has 0 spiro atoms. The molecule has 0 radical (unpaired) electrons. The van der Waals surface area contributed by atoms with Crippen molar-refractivity contribution in [3.63, 3.8) is 0 Å². The van der Waals surface area contributed by atoms with E-state index in [1.807, 2.05) is 13.8 Å². The van der Waals surface area contributed by atoms with E-state index in [1.54, 1.807) is 12.1 Å². The van der Waals surface area contributed by atoms with Crippen molar-refractivity contribution in [1.82, 2.24) is 15.3 Å². The minimum atomic E-state index is -3.67. The van der Waals surface area contributed by atoms with Gasteiger partial charge >= 0.3 is 0 Å². The highest BCUT2D eigenvalue weighted by atomic mass is 32.2. The molecule has 2 rings (SSSR count). The number of carbonyl (C=O) groups excluding carboxylic acids is 1. The summed E-state index contributed by atoms with van der Waals surface area (Å²) in [5.41, 5.74) is 1.37. The average Bonchev–Trinajstić information content (AvgIpc) is 2.60. The number of benzene rings is 1. The van der Waals surface area contributed by atoms with Gasteiger partial charge in [-0.05, 0) is 30.0 Å². The van der Waals surface area contributed by atoms with Crippen LogP contribution in [0.1, 0.15) is 29.8 Å². The van der Waals surface area contributed by atoms with Crippen molar-refractivity contribution in [3.05, 3.63) is 47.8 Å². The van der Waals surface area contributed by atoms with Crippen LogP contribution in [0.15, 0.2) is 41.6 Å². The number of carbonyl (C=O) groups is 1. The molecular weight excluding hydrogens is 354 g/mol. The summed E-state index contributed by atoms with van der Waals surface area (Å²) >= 11 is 0. The molecule has 1 heterocycles. The van der Waals surface area contributed by atoms with Crippen LogP contribution in [0.5, 0.6) is 0 Å². The summed E-state index contributed by atoms with van der Waals surface area (Å²) < 4.78 is 22.4. The van der Waals surface area contributed by atoms with E-state index in [0.29, 0.717) is 36.9 Å². The smallest absolute Gasteiger partial charge is 0.254 e. The Morgan fingerprint density at radius 2 is 1.77 bits per heavy atom. The lowest BCUT2D eigenvalue weighted by Gasteiger charge is -2.08. The van der Waals surface area contributed by atoms with Crippen molar-refractivity contribution in [2.75, 3.05) is 18.4 Å². The van der Waals surface area contributed by atoms with Crippen molar-refractivity contribution < 1.29 is 13.2 Å². The zero-order valence-electron chi connectivity index (χ0n) is 14.8. The number of anilines is 1. The first kappa shape index (κ1) is 19.8. The summed E-state index contributed by atoms with van der Waals surface area (Å²) in [5.74, 6) is 0.603. The van der Waals surface area contributed by atoms with Gasteiger partial charge < -0.3 is 10.6 Å². The van der Waals surface area contributed by atoms with E-state index in [9.17, 15) is 13.2 Å². The number of hydrogen-bond acceptors (Lipinski definition) is 6. The van der Waals surface area contributed by atoms with Crippen molar-refractivity contribution in [3.8, 4) is 0 Å². The Labute approximate surface area is 153 Å². The van der Waals surface area contributed by atoms with E-state index >= 15 is 0 Å². The van der Waals surface area contributed by atoms with Crippen molar-refractivity contribution >= 4 is 21.9 Å². The normalized spacial score (nSPS) is 11.4. The van der Waals surface area contributed by atoms with Crippen LogP contribution in [0, 0.1) is 5.92 Å². The van der Waals surface area contributed by atoms with Crippen LogP contribution in [0.25, 0.3) is 0 Å². The number of aromatic nitrogens is 2. The minimum absolute atomic E-state index is 0.0869. The van der Waals surface area contributed by atoms with Gasteiger partial charge in [-0.1, -0.05) is 26.0 Å². The van der Waals surface area contributed by atoms with E-state index in [-0.39, 0.29) is 10.8 Å². The number of nitrogens with two attached hydrogens (primary N) is 1. The summed E-state index contributed by atoms with van der Waals surface area (Å²) in [4.78, 5) is 20.2. The quantitative estimate of drug-likeness (QED) is 0.633. The van der Waals surface area contributed by atoms with E-state index in [0.717, 1.165) is 5.56 Å². The predicted octanol–water partition coefficient (Wildman–Crippen LogP) is 1.16. The first-order valence-electron chi connectivity index (χ1n) is 8.21. The molecule has 8 nitrogen and oxygen atoms in total. The van der Waals surface area contributed by atoms with E-state index < -0.39 is 10.0 Å². The van der Waals surface area contributed by atoms with Crippen LogP contribution in [0.2, 0.25) is 0 Å². The number of hydrogen-bond donors (Lipinski definition) is 3. The zero-order chi connectivity index (χ0) is 19.2. The Bertz CT molecular complexity index is 834. The first-order chi connectivity index (χ1) is 12.3. The monoisotopic (exact) mass is 377 g/mol. The van der Waals surface area contributed by atoms with Crippen LogP contribution in [0.4, 0.5) is 5.95 Å². The molecular formula is C17H23N5O3S. The molecule has 0 fully saturated rings. The molecule has 9 heteroatoms. The van der Waals surface area contributed by atoms with Gasteiger partial charge in [0.1, 0.15) is 0 Å². The molecule has 0 aliphatic heterocycles. The molecule has 0 saturated carbocycles. The van der Waals surface area contributed by atoms with Gasteiger partial charge in [-0.2, -0.15) is 0 Å². The Kier molecular flexibility index (Phi) is 6.64. The highest BCUT2D eigenvalue weighted by Gasteiger charge is 2.08. The van der Waals surface area contributed by atoms with E-state index in [2.05, 4.69) is 20.6 Å². The third-order valence-corrected chi connectivity index (χ3v) is 4.46. The number of amides is 1. The number of primary sulfonamides is 1. The van der Waals surface area contributed by atoms with Crippen LogP contribution in [0.3, 0.4) is 0 Å². The maximum Gasteiger partial charge on any atom is 0.254 e. The third-order valence-electron chi connectivity index (χ3n) is 3.53. The molecule has 0 atom stereocenters. The third kappa shape index (κ3) is 6.08. The first-order valence-corrected chi connectivity index (χ1v) is 9.76. The molecule has 4 N–H and O–H groups in total. The molecule has 140 valence electrons. The maximum absolute atomic E-state index is 11.9. The van der Waals surface area contributed by atoms with Crippen LogP contribution in [-0.2, 0) is 16.4 Å². The fraction of sp³-hybridized carbons (Fsp3) is 0.353. The van der Waals surface area contributed by atoms with E-state index in [4.69, 9.17) is 5.14 Å². The van der Waals surface area contributed by atoms with Crippen molar-refractivity contribution in [2.45, 2.75) is 25.2 Å². The summed E-state index contributed by atoms with van der Waals surface area (Å²) in [6.07, 6.45) is 3.61. The number of rotatable bonds is 8. The average molecular weight is 377 g/mol. The number of sulfonamides is 1. The van der Waals surface area contributed by atoms with Gasteiger partial charge in [-0.15, -0.1) is 0 Å². The fourth-order valence-electron chi connectivity index (χ4n) is 2.10. The Morgan fingerprint density at radius 3 is 2.31 bits per heavy atom. The summed E-state index contributed by atoms with van der Waals surface area (Å²) in [6.45, 7) is 5.20. The van der Waals surface area contributed by atoms with Gasteiger partial charge in [0, 0.05) is 25.5 Å². The van der Waals surface area contributed by atoms with Gasteiger partial charge in [0.15, 0.2) is 0 Å². The van der Waals surface area contributed by atoms with Crippen molar-refractivity contribution in [2.24, 2.45) is 11.1 Å². The highest BCUT2D eigenvalue weighted by Crippen LogP contribution is 2.09. The second kappa shape index (κ2) is 8.72. The molecule has 0 aliphatic carbocycles. The molecule has 0 saturated heterocycles. The second-order valence-electron chi connectivity index (χ2n) is 6.26. The summed E-state index contributed by atoms with van der Waals surface area (Å²) in [5, 5.41) is 10.9. The molecule has 26 heavy (non-hydrogen) atoms. The van der Waals surface area contributed by atoms with Crippen LogP contribution >= 0.6 is 0 Å². The minimum Gasteiger partial charge on any atom is -0.354 e. The van der Waals surface area contributed by atoms with Gasteiger partial charge in [0.25, 0.3) is 5.91 Å². The molecule has 0 aliphatic rings. The van der Waals surface area contributed by atoms with Crippen molar-refractivity contribution in [1.29, 1.82) is 0 Å². The lowest BCUT2D eigenvalue weighted by molar-refractivity contribution is 0.0948. The standard InChI is InChI=1S/C17H23N5O3S/c1-12(2)9-20-16(23)14-10-21-17(22-11-14)19-8-7-13-3-5-15(6-4-13)26(18,24)25/h3-6,10-12H,7-9H2,1-2H3,(H,20,23)(H2,18,24,25)(H,19,21,22). The molecule has 0 bridgehead atoms. The topological polar surface area (TPSA) is 127 Å². The van der Waals surface area contributed by atoms with E-state index in [1.165, 1.54) is 24.5 Å². The molecule has 0 unspecified atom stereocenters. The Morgan fingerprint density at radius 1 is 1.15 bits per heavy atom. The van der Waals surface area contributed by atoms with Gasteiger partial charge in [0.05, 0.1) is 10.5 Å². The van der Waals surface area contributed by atoms with Gasteiger partial charge in [-0.3, -0.25) is 4.79 Å². The van der Waals surface area contributed by atoms with Gasteiger partial charge in [-0.25, -0.2) is 23.5 Å². The molecule has 1 aromatic heterocycles. The predicted molar refractivity (Wildman–Crippen MR) is 99.2 cm³/mol. The Hall–Kier alpha value is -2.52. The summed E-state index contributed by atoms with van der Waals surface area (Å²) in [7, 11) is -3.67. The largest absolute Gasteiger partial charge is 0.354 e. The van der Waals surface area contributed by atoms with Gasteiger partial charge in [0.2, 0.25) is 16.0 Å². The molecule has 2 aromatic rings. The highest BCUT2D eigenvalue weighted by molar-refractivity contribution is 7.89. The number of nitrogens with one attached hydrogen (secondary N) is 2. The van der Waals surface area contributed by atoms with Crippen LogP contribution < -0.4 is 15.8 Å². The second-order valence-corrected chi connectivity index (χ2v) is 7.83. The molecule has 1 aromatic carbocycles. The van der Waals surface area contributed by atoms with Crippen LogP contribution in [-0.4, -0.2) is 37.4 Å². The SMILES string of the molecule is CC(C)CNC(=O)c1cnc(NCCc2ccc(S(N)(=O)=O)cc2)nc1.